The lowest BCUT2D eigenvalue weighted by molar-refractivity contribution is 0.100. The topological polar surface area (TPSA) is 70.7 Å². The van der Waals surface area contributed by atoms with Crippen molar-refractivity contribution in [2.45, 2.75) is 33.2 Å². The molecule has 0 saturated carbocycles. The summed E-state index contributed by atoms with van der Waals surface area (Å²) in [7, 11) is 1.83. The summed E-state index contributed by atoms with van der Waals surface area (Å²) in [6.45, 7) is 7.41. The molecule has 1 aromatic carbocycles. The first-order valence-electron chi connectivity index (χ1n) is 8.34. The fourth-order valence-corrected chi connectivity index (χ4v) is 3.18. The van der Waals surface area contributed by atoms with Crippen molar-refractivity contribution < 1.29 is 4.79 Å². The number of primary amides is 1. The zero-order valence-electron chi connectivity index (χ0n) is 14.4. The zero-order chi connectivity index (χ0) is 16.8. The van der Waals surface area contributed by atoms with Crippen LogP contribution in [0.5, 0.6) is 0 Å². The van der Waals surface area contributed by atoms with E-state index in [4.69, 9.17) is 5.73 Å². The minimum absolute atomic E-state index is 0.395. The molecule has 2 rings (SSSR count). The first kappa shape index (κ1) is 17.3. The van der Waals surface area contributed by atoms with Crippen molar-refractivity contribution in [2.75, 3.05) is 20.1 Å². The van der Waals surface area contributed by atoms with Crippen molar-refractivity contribution in [3.8, 4) is 0 Å². The molecule has 126 valence electrons. The Morgan fingerprint density at radius 2 is 2.09 bits per heavy atom. The average Bonchev–Trinajstić information content (AvgIpc) is 2.96. The molecule has 5 heteroatoms. The van der Waals surface area contributed by atoms with Crippen LogP contribution in [0.25, 0.3) is 0 Å². The summed E-state index contributed by atoms with van der Waals surface area (Å²) in [4.78, 5) is 17.8. The van der Waals surface area contributed by atoms with E-state index < -0.39 is 5.91 Å². The molecular weight excluding hydrogens is 288 g/mol. The summed E-state index contributed by atoms with van der Waals surface area (Å²) in [5.41, 5.74) is 6.90. The van der Waals surface area contributed by atoms with Crippen LogP contribution in [0.3, 0.4) is 0 Å². The van der Waals surface area contributed by atoms with Gasteiger partial charge in [-0.1, -0.05) is 26.0 Å². The Bertz CT molecular complexity index is 551. The highest BCUT2D eigenvalue weighted by Gasteiger charge is 2.25. The summed E-state index contributed by atoms with van der Waals surface area (Å²) < 4.78 is 0. The molecule has 3 N–H and O–H groups in total. The van der Waals surface area contributed by atoms with Gasteiger partial charge < -0.3 is 16.0 Å². The lowest BCUT2D eigenvalue weighted by Gasteiger charge is -2.22. The van der Waals surface area contributed by atoms with Crippen molar-refractivity contribution in [2.24, 2.45) is 22.6 Å². The fourth-order valence-electron chi connectivity index (χ4n) is 3.18. The molecule has 1 aliphatic rings. The van der Waals surface area contributed by atoms with E-state index in [1.165, 1.54) is 12.8 Å². The number of carbonyl (C=O) groups excluding carboxylic acids is 1. The smallest absolute Gasteiger partial charge is 0.248 e. The number of carbonyl (C=O) groups is 1. The third kappa shape index (κ3) is 4.98. The minimum atomic E-state index is -0.395. The van der Waals surface area contributed by atoms with Crippen molar-refractivity contribution in [3.63, 3.8) is 0 Å². The monoisotopic (exact) mass is 316 g/mol. The standard InChI is InChI=1S/C18H28N4O/c1-13(2)10-15-8-9-22(12-15)18(20-3)21-11-14-4-6-16(7-5-14)17(19)23/h4-7,13,15H,8-12H2,1-3H3,(H2,19,23)(H,20,21). The third-order valence-corrected chi connectivity index (χ3v) is 4.29. The number of amides is 1. The van der Waals surface area contributed by atoms with E-state index in [1.54, 1.807) is 12.1 Å². The molecule has 1 amide bonds. The highest BCUT2D eigenvalue weighted by molar-refractivity contribution is 5.92. The maximum absolute atomic E-state index is 11.1. The first-order chi connectivity index (χ1) is 11.0. The largest absolute Gasteiger partial charge is 0.366 e. The van der Waals surface area contributed by atoms with Crippen LogP contribution in [0.4, 0.5) is 0 Å². The predicted molar refractivity (Wildman–Crippen MR) is 94.3 cm³/mol. The summed E-state index contributed by atoms with van der Waals surface area (Å²) in [5, 5.41) is 3.41. The molecular formula is C18H28N4O. The number of nitrogens with two attached hydrogens (primary N) is 1. The number of likely N-dealkylation sites (tertiary alicyclic amines) is 1. The van der Waals surface area contributed by atoms with Gasteiger partial charge in [0.05, 0.1) is 0 Å². The highest BCUT2D eigenvalue weighted by Crippen LogP contribution is 2.23. The van der Waals surface area contributed by atoms with Crippen LogP contribution >= 0.6 is 0 Å². The van der Waals surface area contributed by atoms with Gasteiger partial charge in [0, 0.05) is 32.2 Å². The van der Waals surface area contributed by atoms with Gasteiger partial charge in [-0.05, 0) is 42.4 Å². The lowest BCUT2D eigenvalue weighted by atomic mass is 9.97. The van der Waals surface area contributed by atoms with E-state index in [9.17, 15) is 4.79 Å². The lowest BCUT2D eigenvalue weighted by Crippen LogP contribution is -2.39. The van der Waals surface area contributed by atoms with Crippen molar-refractivity contribution in [1.29, 1.82) is 0 Å². The van der Waals surface area contributed by atoms with Gasteiger partial charge >= 0.3 is 0 Å². The van der Waals surface area contributed by atoms with Crippen LogP contribution < -0.4 is 11.1 Å². The van der Waals surface area contributed by atoms with E-state index in [0.717, 1.165) is 36.4 Å². The molecule has 0 aromatic heterocycles. The van der Waals surface area contributed by atoms with Crippen LogP contribution in [-0.4, -0.2) is 36.9 Å². The number of nitrogens with zero attached hydrogens (tertiary/aromatic N) is 2. The predicted octanol–water partition coefficient (Wildman–Crippen LogP) is 2.23. The van der Waals surface area contributed by atoms with Crippen LogP contribution in [-0.2, 0) is 6.54 Å². The molecule has 1 atom stereocenters. The van der Waals surface area contributed by atoms with Crippen LogP contribution in [0.15, 0.2) is 29.3 Å². The van der Waals surface area contributed by atoms with Crippen molar-refractivity contribution in [3.05, 3.63) is 35.4 Å². The van der Waals surface area contributed by atoms with E-state index in [2.05, 4.69) is 29.1 Å². The van der Waals surface area contributed by atoms with E-state index in [1.807, 2.05) is 19.2 Å². The number of aliphatic imine (C=N–C) groups is 1. The van der Waals surface area contributed by atoms with Gasteiger partial charge in [0.25, 0.3) is 0 Å². The molecule has 5 nitrogen and oxygen atoms in total. The number of benzene rings is 1. The number of guanidine groups is 1. The summed E-state index contributed by atoms with van der Waals surface area (Å²) in [6.07, 6.45) is 2.52. The first-order valence-corrected chi connectivity index (χ1v) is 8.34. The van der Waals surface area contributed by atoms with Gasteiger partial charge in [-0.3, -0.25) is 9.79 Å². The molecule has 1 unspecified atom stereocenters. The molecule has 0 spiro atoms. The normalized spacial score (nSPS) is 18.5. The second-order valence-corrected chi connectivity index (χ2v) is 6.69. The Labute approximate surface area is 139 Å². The molecule has 1 fully saturated rings. The SMILES string of the molecule is CN=C(NCc1ccc(C(N)=O)cc1)N1CCC(CC(C)C)C1. The van der Waals surface area contributed by atoms with Gasteiger partial charge in [0.1, 0.15) is 0 Å². The highest BCUT2D eigenvalue weighted by atomic mass is 16.1. The summed E-state index contributed by atoms with van der Waals surface area (Å²) in [6, 6.07) is 7.37. The van der Waals surface area contributed by atoms with Gasteiger partial charge in [-0.15, -0.1) is 0 Å². The average molecular weight is 316 g/mol. The number of hydrogen-bond donors (Lipinski definition) is 2. The number of nitrogens with one attached hydrogen (secondary N) is 1. The summed E-state index contributed by atoms with van der Waals surface area (Å²) in [5.74, 6) is 2.07. The molecule has 1 saturated heterocycles. The van der Waals surface area contributed by atoms with Gasteiger partial charge in [-0.2, -0.15) is 0 Å². The van der Waals surface area contributed by atoms with Crippen molar-refractivity contribution in [1.82, 2.24) is 10.2 Å². The number of hydrogen-bond acceptors (Lipinski definition) is 2. The quantitative estimate of drug-likeness (QED) is 0.646. The molecule has 1 aromatic rings. The Morgan fingerprint density at radius 3 is 2.65 bits per heavy atom. The third-order valence-electron chi connectivity index (χ3n) is 4.29. The molecule has 0 aliphatic carbocycles. The van der Waals surface area contributed by atoms with Crippen LogP contribution in [0.2, 0.25) is 0 Å². The Balaban J connectivity index is 1.87. The summed E-state index contributed by atoms with van der Waals surface area (Å²) >= 11 is 0. The Morgan fingerprint density at radius 1 is 1.39 bits per heavy atom. The number of rotatable bonds is 5. The zero-order valence-corrected chi connectivity index (χ0v) is 14.4. The van der Waals surface area contributed by atoms with Gasteiger partial charge in [-0.25, -0.2) is 0 Å². The Kier molecular flexibility index (Phi) is 6.02. The second-order valence-electron chi connectivity index (χ2n) is 6.69. The van der Waals surface area contributed by atoms with Crippen molar-refractivity contribution >= 4 is 11.9 Å². The second kappa shape index (κ2) is 7.99. The molecule has 23 heavy (non-hydrogen) atoms. The van der Waals surface area contributed by atoms with Gasteiger partial charge in [0.15, 0.2) is 5.96 Å². The molecule has 1 heterocycles. The fraction of sp³-hybridized carbons (Fsp3) is 0.556. The molecule has 0 bridgehead atoms. The van der Waals surface area contributed by atoms with Crippen LogP contribution in [0.1, 0.15) is 42.6 Å². The van der Waals surface area contributed by atoms with Gasteiger partial charge in [0.2, 0.25) is 5.91 Å². The van der Waals surface area contributed by atoms with E-state index in [-0.39, 0.29) is 0 Å². The maximum Gasteiger partial charge on any atom is 0.248 e. The van der Waals surface area contributed by atoms with E-state index >= 15 is 0 Å². The van der Waals surface area contributed by atoms with Crippen LogP contribution in [0, 0.1) is 11.8 Å². The maximum atomic E-state index is 11.1. The van der Waals surface area contributed by atoms with E-state index in [0.29, 0.717) is 12.1 Å². The Hall–Kier alpha value is -2.04. The molecule has 1 aliphatic heterocycles. The minimum Gasteiger partial charge on any atom is -0.366 e. The molecule has 0 radical (unpaired) electrons.